The molecule has 1 aromatic rings. The highest BCUT2D eigenvalue weighted by atomic mass is 16.2. The lowest BCUT2D eigenvalue weighted by molar-refractivity contribution is 0.0945. The van der Waals surface area contributed by atoms with E-state index < -0.39 is 0 Å². The highest BCUT2D eigenvalue weighted by Gasteiger charge is 2.05. The molecule has 4 nitrogen and oxygen atoms in total. The van der Waals surface area contributed by atoms with Crippen LogP contribution in [0.4, 0.5) is 0 Å². The zero-order valence-electron chi connectivity index (χ0n) is 7.16. The van der Waals surface area contributed by atoms with E-state index in [1.54, 1.807) is 12.3 Å². The summed E-state index contributed by atoms with van der Waals surface area (Å²) in [6, 6.07) is 1.75. The molecule has 4 heteroatoms. The maximum Gasteiger partial charge on any atom is 0.289 e. The zero-order chi connectivity index (χ0) is 8.97. The van der Waals surface area contributed by atoms with Gasteiger partial charge >= 0.3 is 0 Å². The fourth-order valence-electron chi connectivity index (χ4n) is 0.798. The SMILES string of the molecule is CCNC(=O)c1nccc(C)n1. The first-order valence-corrected chi connectivity index (χ1v) is 3.82. The van der Waals surface area contributed by atoms with Crippen molar-refractivity contribution in [2.24, 2.45) is 0 Å². The quantitative estimate of drug-likeness (QED) is 0.695. The van der Waals surface area contributed by atoms with Gasteiger partial charge in [0.1, 0.15) is 0 Å². The maximum absolute atomic E-state index is 11.2. The van der Waals surface area contributed by atoms with Crippen molar-refractivity contribution in [1.82, 2.24) is 15.3 Å². The molecular weight excluding hydrogens is 154 g/mol. The van der Waals surface area contributed by atoms with E-state index in [0.29, 0.717) is 6.54 Å². The fourth-order valence-corrected chi connectivity index (χ4v) is 0.798. The molecule has 0 saturated carbocycles. The Balaban J connectivity index is 2.81. The summed E-state index contributed by atoms with van der Waals surface area (Å²) in [7, 11) is 0. The van der Waals surface area contributed by atoms with E-state index in [1.165, 1.54) is 0 Å². The second kappa shape index (κ2) is 3.80. The Kier molecular flexibility index (Phi) is 2.74. The molecule has 0 aliphatic heterocycles. The average Bonchev–Trinajstić information content (AvgIpc) is 2.05. The summed E-state index contributed by atoms with van der Waals surface area (Å²) in [6.07, 6.45) is 1.58. The predicted octanol–water partition coefficient (Wildman–Crippen LogP) is 0.535. The first kappa shape index (κ1) is 8.64. The molecule has 0 saturated heterocycles. The molecule has 1 amide bonds. The van der Waals surface area contributed by atoms with Crippen LogP contribution in [0.5, 0.6) is 0 Å². The van der Waals surface area contributed by atoms with Crippen LogP contribution < -0.4 is 5.32 Å². The van der Waals surface area contributed by atoms with E-state index in [4.69, 9.17) is 0 Å². The third-order valence-electron chi connectivity index (χ3n) is 1.34. The molecule has 64 valence electrons. The van der Waals surface area contributed by atoms with Crippen LogP contribution in [-0.4, -0.2) is 22.4 Å². The standard InChI is InChI=1S/C8H11N3O/c1-3-9-8(12)7-10-5-4-6(2)11-7/h4-5H,3H2,1-2H3,(H,9,12). The summed E-state index contributed by atoms with van der Waals surface area (Å²) in [4.78, 5) is 19.0. The van der Waals surface area contributed by atoms with Crippen LogP contribution in [0.15, 0.2) is 12.3 Å². The molecule has 0 aliphatic rings. The van der Waals surface area contributed by atoms with Gasteiger partial charge < -0.3 is 5.32 Å². The van der Waals surface area contributed by atoms with Gasteiger partial charge in [0, 0.05) is 18.4 Å². The van der Waals surface area contributed by atoms with Gasteiger partial charge in [0.25, 0.3) is 5.91 Å². The number of carbonyl (C=O) groups excluding carboxylic acids is 1. The van der Waals surface area contributed by atoms with Crippen molar-refractivity contribution in [3.63, 3.8) is 0 Å². The average molecular weight is 165 g/mol. The number of hydrogen-bond acceptors (Lipinski definition) is 3. The Bertz CT molecular complexity index is 285. The molecule has 0 fully saturated rings. The number of aryl methyl sites for hydroxylation is 1. The topological polar surface area (TPSA) is 54.9 Å². The van der Waals surface area contributed by atoms with Crippen molar-refractivity contribution in [2.75, 3.05) is 6.54 Å². The number of amides is 1. The van der Waals surface area contributed by atoms with Crippen molar-refractivity contribution in [1.29, 1.82) is 0 Å². The molecule has 0 spiro atoms. The molecule has 0 bridgehead atoms. The minimum Gasteiger partial charge on any atom is -0.350 e. The lowest BCUT2D eigenvalue weighted by Crippen LogP contribution is -2.24. The first-order valence-electron chi connectivity index (χ1n) is 3.82. The van der Waals surface area contributed by atoms with E-state index >= 15 is 0 Å². The molecule has 1 N–H and O–H groups in total. The smallest absolute Gasteiger partial charge is 0.289 e. The number of carbonyl (C=O) groups is 1. The van der Waals surface area contributed by atoms with E-state index in [0.717, 1.165) is 5.69 Å². The third kappa shape index (κ3) is 2.02. The lowest BCUT2D eigenvalue weighted by Gasteiger charge is -1.99. The van der Waals surface area contributed by atoms with Gasteiger partial charge in [-0.15, -0.1) is 0 Å². The van der Waals surface area contributed by atoms with Crippen LogP contribution in [0.25, 0.3) is 0 Å². The Labute approximate surface area is 71.0 Å². The lowest BCUT2D eigenvalue weighted by atomic mass is 10.4. The van der Waals surface area contributed by atoms with Crippen molar-refractivity contribution >= 4 is 5.91 Å². The van der Waals surface area contributed by atoms with E-state index in [9.17, 15) is 4.79 Å². The molecule has 12 heavy (non-hydrogen) atoms. The van der Waals surface area contributed by atoms with Gasteiger partial charge in [0.2, 0.25) is 5.82 Å². The zero-order valence-corrected chi connectivity index (χ0v) is 7.16. The molecule has 0 atom stereocenters. The molecule has 0 unspecified atom stereocenters. The Morgan fingerprint density at radius 2 is 2.42 bits per heavy atom. The summed E-state index contributed by atoms with van der Waals surface area (Å²) in [6.45, 7) is 4.27. The molecule has 0 radical (unpaired) electrons. The summed E-state index contributed by atoms with van der Waals surface area (Å²) >= 11 is 0. The molecule has 1 aromatic heterocycles. The summed E-state index contributed by atoms with van der Waals surface area (Å²) in [5, 5.41) is 2.63. The monoisotopic (exact) mass is 165 g/mol. The van der Waals surface area contributed by atoms with Crippen LogP contribution in [0.3, 0.4) is 0 Å². The third-order valence-corrected chi connectivity index (χ3v) is 1.34. The predicted molar refractivity (Wildman–Crippen MR) is 44.8 cm³/mol. The number of hydrogen-bond donors (Lipinski definition) is 1. The van der Waals surface area contributed by atoms with Gasteiger partial charge in [-0.3, -0.25) is 4.79 Å². The Hall–Kier alpha value is -1.45. The number of aromatic nitrogens is 2. The normalized spacial score (nSPS) is 9.50. The van der Waals surface area contributed by atoms with Crippen molar-refractivity contribution in [2.45, 2.75) is 13.8 Å². The van der Waals surface area contributed by atoms with Crippen molar-refractivity contribution in [3.05, 3.63) is 23.8 Å². The number of nitrogens with zero attached hydrogens (tertiary/aromatic N) is 2. The van der Waals surface area contributed by atoms with Crippen LogP contribution in [0, 0.1) is 6.92 Å². The molecule has 0 aromatic carbocycles. The van der Waals surface area contributed by atoms with E-state index in [2.05, 4.69) is 15.3 Å². The van der Waals surface area contributed by atoms with Crippen LogP contribution in [0.2, 0.25) is 0 Å². The van der Waals surface area contributed by atoms with Gasteiger partial charge in [0.15, 0.2) is 0 Å². The summed E-state index contributed by atoms with van der Waals surface area (Å²) in [5.41, 5.74) is 0.797. The van der Waals surface area contributed by atoms with Crippen LogP contribution in [-0.2, 0) is 0 Å². The van der Waals surface area contributed by atoms with Gasteiger partial charge in [0.05, 0.1) is 0 Å². The molecule has 1 heterocycles. The second-order valence-electron chi connectivity index (χ2n) is 2.38. The van der Waals surface area contributed by atoms with Gasteiger partial charge in [-0.25, -0.2) is 9.97 Å². The first-order chi connectivity index (χ1) is 5.74. The van der Waals surface area contributed by atoms with Crippen LogP contribution in [0.1, 0.15) is 23.2 Å². The van der Waals surface area contributed by atoms with Gasteiger partial charge in [-0.1, -0.05) is 0 Å². The molecule has 1 rings (SSSR count). The summed E-state index contributed by atoms with van der Waals surface area (Å²) in [5.74, 6) is 0.0121. The number of rotatable bonds is 2. The number of nitrogens with one attached hydrogen (secondary N) is 1. The fraction of sp³-hybridized carbons (Fsp3) is 0.375. The maximum atomic E-state index is 11.2. The largest absolute Gasteiger partial charge is 0.350 e. The summed E-state index contributed by atoms with van der Waals surface area (Å²) < 4.78 is 0. The van der Waals surface area contributed by atoms with E-state index in [1.807, 2.05) is 13.8 Å². The second-order valence-corrected chi connectivity index (χ2v) is 2.38. The van der Waals surface area contributed by atoms with Crippen LogP contribution >= 0.6 is 0 Å². The minimum atomic E-state index is -0.221. The van der Waals surface area contributed by atoms with Gasteiger partial charge in [-0.2, -0.15) is 0 Å². The highest BCUT2D eigenvalue weighted by molar-refractivity contribution is 5.90. The van der Waals surface area contributed by atoms with Crippen molar-refractivity contribution < 1.29 is 4.79 Å². The minimum absolute atomic E-state index is 0.221. The molecular formula is C8H11N3O. The van der Waals surface area contributed by atoms with Gasteiger partial charge in [-0.05, 0) is 19.9 Å². The Morgan fingerprint density at radius 3 is 3.00 bits per heavy atom. The van der Waals surface area contributed by atoms with Crippen molar-refractivity contribution in [3.8, 4) is 0 Å². The molecule has 0 aliphatic carbocycles. The van der Waals surface area contributed by atoms with E-state index in [-0.39, 0.29) is 11.7 Å². The highest BCUT2D eigenvalue weighted by Crippen LogP contribution is 1.92. The Morgan fingerprint density at radius 1 is 1.67 bits per heavy atom.